The number of ether oxygens (including phenoxy) is 1. The first-order valence-electron chi connectivity index (χ1n) is 6.93. The SMILES string of the molecule is CC1OCCC1CNC1CCN2CCCC12. The van der Waals surface area contributed by atoms with Gasteiger partial charge < -0.3 is 10.1 Å². The zero-order valence-electron chi connectivity index (χ0n) is 10.3. The molecule has 0 aromatic carbocycles. The second kappa shape index (κ2) is 4.63. The summed E-state index contributed by atoms with van der Waals surface area (Å²) >= 11 is 0. The van der Waals surface area contributed by atoms with E-state index in [0.29, 0.717) is 6.10 Å². The van der Waals surface area contributed by atoms with E-state index in [1.165, 1.54) is 38.8 Å². The van der Waals surface area contributed by atoms with Crippen molar-refractivity contribution in [3.63, 3.8) is 0 Å². The van der Waals surface area contributed by atoms with Crippen LogP contribution >= 0.6 is 0 Å². The molecule has 3 rings (SSSR count). The van der Waals surface area contributed by atoms with Gasteiger partial charge >= 0.3 is 0 Å². The number of nitrogens with zero attached hydrogens (tertiary/aromatic N) is 1. The van der Waals surface area contributed by atoms with Crippen molar-refractivity contribution >= 4 is 0 Å². The quantitative estimate of drug-likeness (QED) is 0.780. The smallest absolute Gasteiger partial charge is 0.0588 e. The highest BCUT2D eigenvalue weighted by Crippen LogP contribution is 2.28. The van der Waals surface area contributed by atoms with Gasteiger partial charge in [0.2, 0.25) is 0 Å². The van der Waals surface area contributed by atoms with E-state index in [-0.39, 0.29) is 0 Å². The molecule has 0 aromatic rings. The molecule has 1 N–H and O–H groups in total. The average Bonchev–Trinajstić information content (AvgIpc) is 2.92. The molecular weight excluding hydrogens is 200 g/mol. The number of nitrogens with one attached hydrogen (secondary N) is 1. The third kappa shape index (κ3) is 2.01. The number of hydrogen-bond acceptors (Lipinski definition) is 3. The molecule has 3 saturated heterocycles. The molecule has 3 heteroatoms. The van der Waals surface area contributed by atoms with Gasteiger partial charge in [-0.05, 0) is 45.1 Å². The molecule has 92 valence electrons. The molecule has 0 aliphatic carbocycles. The molecule has 3 aliphatic rings. The number of hydrogen-bond donors (Lipinski definition) is 1. The molecule has 3 heterocycles. The molecule has 3 nitrogen and oxygen atoms in total. The number of fused-ring (bicyclic) bond motifs is 1. The summed E-state index contributed by atoms with van der Waals surface area (Å²) in [7, 11) is 0. The first-order chi connectivity index (χ1) is 7.84. The molecule has 0 aromatic heterocycles. The van der Waals surface area contributed by atoms with Gasteiger partial charge in [-0.3, -0.25) is 4.90 Å². The molecule has 3 aliphatic heterocycles. The molecule has 0 bridgehead atoms. The molecule has 0 spiro atoms. The summed E-state index contributed by atoms with van der Waals surface area (Å²) in [4.78, 5) is 2.67. The Morgan fingerprint density at radius 2 is 2.19 bits per heavy atom. The first kappa shape index (κ1) is 11.0. The van der Waals surface area contributed by atoms with Gasteiger partial charge in [-0.15, -0.1) is 0 Å². The fourth-order valence-corrected chi connectivity index (χ4v) is 3.67. The topological polar surface area (TPSA) is 24.5 Å². The highest BCUT2D eigenvalue weighted by atomic mass is 16.5. The third-order valence-electron chi connectivity index (χ3n) is 4.78. The van der Waals surface area contributed by atoms with E-state index < -0.39 is 0 Å². The van der Waals surface area contributed by atoms with Crippen molar-refractivity contribution in [3.8, 4) is 0 Å². The van der Waals surface area contributed by atoms with Crippen molar-refractivity contribution in [2.75, 3.05) is 26.2 Å². The van der Waals surface area contributed by atoms with Gasteiger partial charge in [0.05, 0.1) is 6.10 Å². The zero-order chi connectivity index (χ0) is 11.0. The summed E-state index contributed by atoms with van der Waals surface area (Å²) in [6, 6.07) is 1.60. The Balaban J connectivity index is 1.48. The highest BCUT2D eigenvalue weighted by molar-refractivity contribution is 4.96. The molecule has 0 saturated carbocycles. The van der Waals surface area contributed by atoms with Crippen molar-refractivity contribution in [1.82, 2.24) is 10.2 Å². The van der Waals surface area contributed by atoms with Crippen molar-refractivity contribution < 1.29 is 4.74 Å². The Labute approximate surface area is 98.5 Å². The molecule has 16 heavy (non-hydrogen) atoms. The molecule has 4 unspecified atom stereocenters. The van der Waals surface area contributed by atoms with Crippen LogP contribution in [0.2, 0.25) is 0 Å². The van der Waals surface area contributed by atoms with Gasteiger partial charge in [-0.1, -0.05) is 0 Å². The van der Waals surface area contributed by atoms with Crippen LogP contribution in [0.4, 0.5) is 0 Å². The van der Waals surface area contributed by atoms with Crippen LogP contribution in [0.1, 0.15) is 32.6 Å². The minimum absolute atomic E-state index is 0.466. The summed E-state index contributed by atoms with van der Waals surface area (Å²) in [5.74, 6) is 0.746. The lowest BCUT2D eigenvalue weighted by Gasteiger charge is -2.23. The Morgan fingerprint density at radius 3 is 3.00 bits per heavy atom. The maximum absolute atomic E-state index is 5.62. The summed E-state index contributed by atoms with van der Waals surface area (Å²) in [5, 5.41) is 3.80. The van der Waals surface area contributed by atoms with Gasteiger partial charge in [-0.25, -0.2) is 0 Å². The predicted octanol–water partition coefficient (Wildman–Crippen LogP) is 1.24. The lowest BCUT2D eigenvalue weighted by molar-refractivity contribution is 0.104. The molecule has 4 atom stereocenters. The summed E-state index contributed by atoms with van der Waals surface area (Å²) in [6.45, 7) is 7.00. The summed E-state index contributed by atoms with van der Waals surface area (Å²) in [5.41, 5.74) is 0. The standard InChI is InChI=1S/C13H24N2O/c1-10-11(5-8-16-10)9-14-12-4-7-15-6-2-3-13(12)15/h10-14H,2-9H2,1H3. The molecule has 3 fully saturated rings. The molecule has 0 amide bonds. The van der Waals surface area contributed by atoms with Crippen molar-refractivity contribution in [2.24, 2.45) is 5.92 Å². The van der Waals surface area contributed by atoms with E-state index >= 15 is 0 Å². The van der Waals surface area contributed by atoms with Crippen LogP contribution in [0.3, 0.4) is 0 Å². The van der Waals surface area contributed by atoms with E-state index in [4.69, 9.17) is 4.74 Å². The lowest BCUT2D eigenvalue weighted by Crippen LogP contribution is -2.42. The van der Waals surface area contributed by atoms with Crippen LogP contribution in [0.15, 0.2) is 0 Å². The Kier molecular flexibility index (Phi) is 3.18. The predicted molar refractivity (Wildman–Crippen MR) is 64.5 cm³/mol. The van der Waals surface area contributed by atoms with Crippen LogP contribution in [0, 0.1) is 5.92 Å². The van der Waals surface area contributed by atoms with Gasteiger partial charge in [-0.2, -0.15) is 0 Å². The Hall–Kier alpha value is -0.120. The van der Waals surface area contributed by atoms with Crippen molar-refractivity contribution in [3.05, 3.63) is 0 Å². The maximum Gasteiger partial charge on any atom is 0.0588 e. The fourth-order valence-electron chi connectivity index (χ4n) is 3.67. The minimum atomic E-state index is 0.466. The van der Waals surface area contributed by atoms with Crippen molar-refractivity contribution in [1.29, 1.82) is 0 Å². The Morgan fingerprint density at radius 1 is 1.25 bits per heavy atom. The normalized spacial score (nSPS) is 44.1. The second-order valence-corrected chi connectivity index (χ2v) is 5.67. The van der Waals surface area contributed by atoms with Crippen LogP contribution in [0.25, 0.3) is 0 Å². The van der Waals surface area contributed by atoms with Gasteiger partial charge in [0.15, 0.2) is 0 Å². The number of rotatable bonds is 3. The highest BCUT2D eigenvalue weighted by Gasteiger charge is 2.37. The monoisotopic (exact) mass is 224 g/mol. The van der Waals surface area contributed by atoms with E-state index in [1.807, 2.05) is 0 Å². The average molecular weight is 224 g/mol. The van der Waals surface area contributed by atoms with Crippen LogP contribution in [-0.2, 0) is 4.74 Å². The third-order valence-corrected chi connectivity index (χ3v) is 4.78. The van der Waals surface area contributed by atoms with E-state index in [0.717, 1.165) is 31.2 Å². The lowest BCUT2D eigenvalue weighted by atomic mass is 10.0. The summed E-state index contributed by atoms with van der Waals surface area (Å²) in [6.07, 6.45) is 5.89. The Bertz CT molecular complexity index is 246. The largest absolute Gasteiger partial charge is 0.378 e. The van der Waals surface area contributed by atoms with Gasteiger partial charge in [0, 0.05) is 31.8 Å². The zero-order valence-corrected chi connectivity index (χ0v) is 10.3. The minimum Gasteiger partial charge on any atom is -0.378 e. The fraction of sp³-hybridized carbons (Fsp3) is 1.00. The summed E-state index contributed by atoms with van der Waals surface area (Å²) < 4.78 is 5.62. The van der Waals surface area contributed by atoms with E-state index in [1.54, 1.807) is 0 Å². The van der Waals surface area contributed by atoms with Crippen molar-refractivity contribution in [2.45, 2.75) is 50.8 Å². The van der Waals surface area contributed by atoms with Gasteiger partial charge in [0.1, 0.15) is 0 Å². The maximum atomic E-state index is 5.62. The molecular formula is C13H24N2O. The van der Waals surface area contributed by atoms with Crippen LogP contribution < -0.4 is 5.32 Å². The molecule has 0 radical (unpaired) electrons. The van der Waals surface area contributed by atoms with E-state index in [9.17, 15) is 0 Å². The van der Waals surface area contributed by atoms with Gasteiger partial charge in [0.25, 0.3) is 0 Å². The second-order valence-electron chi connectivity index (χ2n) is 5.67. The van der Waals surface area contributed by atoms with Crippen LogP contribution in [-0.4, -0.2) is 49.3 Å². The van der Waals surface area contributed by atoms with Crippen LogP contribution in [0.5, 0.6) is 0 Å². The first-order valence-corrected chi connectivity index (χ1v) is 6.93. The van der Waals surface area contributed by atoms with E-state index in [2.05, 4.69) is 17.1 Å².